The number of anilines is 4. The van der Waals surface area contributed by atoms with Crippen LogP contribution in [-0.4, -0.2) is 24.1 Å². The molecule has 0 fully saturated rings. The molecule has 3 aromatic carbocycles. The van der Waals surface area contributed by atoms with E-state index in [1.807, 2.05) is 74.8 Å². The highest BCUT2D eigenvalue weighted by molar-refractivity contribution is 6.31. The molecular weight excluding hydrogens is 382 g/mol. The molecule has 0 spiro atoms. The Morgan fingerprint density at radius 1 is 0.862 bits per heavy atom. The van der Waals surface area contributed by atoms with Crippen LogP contribution in [0.3, 0.4) is 0 Å². The average Bonchev–Trinajstić information content (AvgIpc) is 2.73. The number of hydrogen-bond acceptors (Lipinski definition) is 5. The van der Waals surface area contributed by atoms with Gasteiger partial charge >= 0.3 is 0 Å². The molecule has 0 saturated carbocycles. The van der Waals surface area contributed by atoms with E-state index < -0.39 is 0 Å². The van der Waals surface area contributed by atoms with Crippen LogP contribution in [0.1, 0.15) is 5.56 Å². The van der Waals surface area contributed by atoms with Crippen LogP contribution in [0.25, 0.3) is 10.9 Å². The Morgan fingerprint density at radius 3 is 2.34 bits per heavy atom. The van der Waals surface area contributed by atoms with Crippen molar-refractivity contribution in [3.05, 3.63) is 83.4 Å². The van der Waals surface area contributed by atoms with Crippen molar-refractivity contribution in [2.75, 3.05) is 29.6 Å². The first-order chi connectivity index (χ1) is 14.1. The molecule has 0 amide bonds. The van der Waals surface area contributed by atoms with Crippen LogP contribution in [0, 0.1) is 0 Å². The van der Waals surface area contributed by atoms with Gasteiger partial charge in [-0.1, -0.05) is 41.9 Å². The molecule has 29 heavy (non-hydrogen) atoms. The second kappa shape index (κ2) is 8.37. The van der Waals surface area contributed by atoms with E-state index in [0.717, 1.165) is 38.7 Å². The van der Waals surface area contributed by atoms with Crippen molar-refractivity contribution in [1.82, 2.24) is 9.97 Å². The van der Waals surface area contributed by atoms with E-state index in [0.29, 0.717) is 12.5 Å². The molecular formula is C23H22ClN5. The Kier molecular flexibility index (Phi) is 5.49. The van der Waals surface area contributed by atoms with E-state index >= 15 is 0 Å². The monoisotopic (exact) mass is 403 g/mol. The molecule has 0 atom stereocenters. The largest absolute Gasteiger partial charge is 0.378 e. The van der Waals surface area contributed by atoms with Crippen LogP contribution in [0.2, 0.25) is 5.02 Å². The molecule has 4 aromatic rings. The summed E-state index contributed by atoms with van der Waals surface area (Å²) in [6.07, 6.45) is 0. The molecule has 5 nitrogen and oxygen atoms in total. The summed E-state index contributed by atoms with van der Waals surface area (Å²) in [5, 5.41) is 8.42. The average molecular weight is 404 g/mol. The van der Waals surface area contributed by atoms with Crippen molar-refractivity contribution in [3.8, 4) is 0 Å². The Labute approximate surface area is 175 Å². The van der Waals surface area contributed by atoms with E-state index in [1.165, 1.54) is 0 Å². The second-order valence-electron chi connectivity index (χ2n) is 6.92. The molecule has 2 N–H and O–H groups in total. The molecule has 0 bridgehead atoms. The van der Waals surface area contributed by atoms with Gasteiger partial charge in [-0.3, -0.25) is 0 Å². The van der Waals surface area contributed by atoms with Crippen LogP contribution in [0.15, 0.2) is 72.8 Å². The zero-order valence-electron chi connectivity index (χ0n) is 16.4. The van der Waals surface area contributed by atoms with Gasteiger partial charge < -0.3 is 15.5 Å². The first-order valence-corrected chi connectivity index (χ1v) is 9.76. The van der Waals surface area contributed by atoms with E-state index in [9.17, 15) is 0 Å². The summed E-state index contributed by atoms with van der Waals surface area (Å²) in [7, 11) is 4.04. The maximum atomic E-state index is 6.29. The Morgan fingerprint density at radius 2 is 1.59 bits per heavy atom. The number of para-hydroxylation sites is 1. The van der Waals surface area contributed by atoms with Crippen molar-refractivity contribution in [1.29, 1.82) is 0 Å². The van der Waals surface area contributed by atoms with Crippen molar-refractivity contribution in [2.45, 2.75) is 6.54 Å². The van der Waals surface area contributed by atoms with Gasteiger partial charge in [0, 0.05) is 42.4 Å². The normalized spacial score (nSPS) is 10.7. The Bertz CT molecular complexity index is 1130. The third-order valence-electron chi connectivity index (χ3n) is 4.65. The van der Waals surface area contributed by atoms with Gasteiger partial charge in [-0.05, 0) is 48.0 Å². The van der Waals surface area contributed by atoms with Crippen molar-refractivity contribution >= 4 is 45.6 Å². The second-order valence-corrected chi connectivity index (χ2v) is 7.33. The molecule has 1 aromatic heterocycles. The number of rotatable bonds is 6. The molecule has 0 aliphatic heterocycles. The molecule has 0 unspecified atom stereocenters. The van der Waals surface area contributed by atoms with Crippen LogP contribution in [0.5, 0.6) is 0 Å². The zero-order chi connectivity index (χ0) is 20.2. The number of aromatic nitrogens is 2. The zero-order valence-corrected chi connectivity index (χ0v) is 17.1. The van der Waals surface area contributed by atoms with E-state index in [1.54, 1.807) is 0 Å². The number of fused-ring (bicyclic) bond motifs is 1. The van der Waals surface area contributed by atoms with Crippen LogP contribution < -0.4 is 15.5 Å². The lowest BCUT2D eigenvalue weighted by atomic mass is 10.2. The predicted octanol–water partition coefficient (Wildman–Crippen LogP) is 5.70. The van der Waals surface area contributed by atoms with Crippen LogP contribution in [-0.2, 0) is 6.54 Å². The summed E-state index contributed by atoms with van der Waals surface area (Å²) >= 11 is 6.29. The summed E-state index contributed by atoms with van der Waals surface area (Å²) in [6.45, 7) is 0.581. The molecule has 4 rings (SSSR count). The van der Waals surface area contributed by atoms with Crippen molar-refractivity contribution < 1.29 is 0 Å². The fourth-order valence-corrected chi connectivity index (χ4v) is 3.26. The molecule has 0 saturated heterocycles. The predicted molar refractivity (Wildman–Crippen MR) is 122 cm³/mol. The lowest BCUT2D eigenvalue weighted by Gasteiger charge is -2.14. The fraction of sp³-hybridized carbons (Fsp3) is 0.130. The molecule has 146 valence electrons. The summed E-state index contributed by atoms with van der Waals surface area (Å²) < 4.78 is 0. The molecule has 0 aliphatic rings. The minimum Gasteiger partial charge on any atom is -0.378 e. The lowest BCUT2D eigenvalue weighted by Crippen LogP contribution is -2.08. The maximum absolute atomic E-state index is 6.29. The van der Waals surface area contributed by atoms with E-state index in [2.05, 4.69) is 32.7 Å². The SMILES string of the molecule is CN(C)c1ccc(Nc2nc(NCc3ccccc3Cl)c3ccccc3n2)cc1. The fourth-order valence-electron chi connectivity index (χ4n) is 3.06. The summed E-state index contributed by atoms with van der Waals surface area (Å²) in [6, 6.07) is 23.9. The number of halogens is 1. The van der Waals surface area contributed by atoms with Gasteiger partial charge in [0.05, 0.1) is 5.52 Å². The number of nitrogens with zero attached hydrogens (tertiary/aromatic N) is 3. The van der Waals surface area contributed by atoms with Gasteiger partial charge in [0.2, 0.25) is 5.95 Å². The minimum atomic E-state index is 0.544. The van der Waals surface area contributed by atoms with Gasteiger partial charge in [0.1, 0.15) is 5.82 Å². The van der Waals surface area contributed by atoms with Crippen molar-refractivity contribution in [3.63, 3.8) is 0 Å². The maximum Gasteiger partial charge on any atom is 0.229 e. The quantitative estimate of drug-likeness (QED) is 0.432. The number of nitrogens with one attached hydrogen (secondary N) is 2. The highest BCUT2D eigenvalue weighted by Gasteiger charge is 2.09. The molecule has 0 aliphatic carbocycles. The molecule has 0 radical (unpaired) electrons. The summed E-state index contributed by atoms with van der Waals surface area (Å²) in [5.41, 5.74) is 3.96. The highest BCUT2D eigenvalue weighted by atomic mass is 35.5. The van der Waals surface area contributed by atoms with E-state index in [4.69, 9.17) is 16.6 Å². The van der Waals surface area contributed by atoms with Crippen molar-refractivity contribution in [2.24, 2.45) is 0 Å². The van der Waals surface area contributed by atoms with Crippen LogP contribution in [0.4, 0.5) is 23.1 Å². The minimum absolute atomic E-state index is 0.544. The molecule has 6 heteroatoms. The van der Waals surface area contributed by atoms with Gasteiger partial charge in [-0.25, -0.2) is 4.98 Å². The van der Waals surface area contributed by atoms with Crippen LogP contribution >= 0.6 is 11.6 Å². The summed E-state index contributed by atoms with van der Waals surface area (Å²) in [5.74, 6) is 1.31. The third kappa shape index (κ3) is 4.41. The highest BCUT2D eigenvalue weighted by Crippen LogP contribution is 2.25. The van der Waals surface area contributed by atoms with Gasteiger partial charge in [-0.2, -0.15) is 4.98 Å². The van der Waals surface area contributed by atoms with Gasteiger partial charge in [0.25, 0.3) is 0 Å². The first-order valence-electron chi connectivity index (χ1n) is 9.38. The standard InChI is InChI=1S/C23H22ClN5/c1-29(2)18-13-11-17(12-14-18)26-23-27-21-10-6-4-8-19(21)22(28-23)25-15-16-7-3-5-9-20(16)24/h3-14H,15H2,1-2H3,(H2,25,26,27,28). The van der Waals surface area contributed by atoms with E-state index in [-0.39, 0.29) is 0 Å². The summed E-state index contributed by atoms with van der Waals surface area (Å²) in [4.78, 5) is 11.4. The van der Waals surface area contributed by atoms with Gasteiger partial charge in [-0.15, -0.1) is 0 Å². The Hall–Kier alpha value is -3.31. The number of benzene rings is 3. The smallest absolute Gasteiger partial charge is 0.229 e. The lowest BCUT2D eigenvalue weighted by molar-refractivity contribution is 1.10. The number of hydrogen-bond donors (Lipinski definition) is 2. The molecule has 1 heterocycles. The first kappa shape index (κ1) is 19.0. The topological polar surface area (TPSA) is 53.1 Å². The Balaban J connectivity index is 1.62. The van der Waals surface area contributed by atoms with Gasteiger partial charge in [0.15, 0.2) is 0 Å². The third-order valence-corrected chi connectivity index (χ3v) is 5.02.